The Bertz CT molecular complexity index is 438. The van der Waals surface area contributed by atoms with E-state index in [0.717, 1.165) is 25.5 Å². The molecule has 1 aliphatic rings. The van der Waals surface area contributed by atoms with Gasteiger partial charge in [0.2, 0.25) is 0 Å². The Morgan fingerprint density at radius 1 is 1.63 bits per heavy atom. The van der Waals surface area contributed by atoms with Gasteiger partial charge in [-0.3, -0.25) is 14.8 Å². The summed E-state index contributed by atoms with van der Waals surface area (Å²) >= 11 is 0. The zero-order valence-corrected chi connectivity index (χ0v) is 10.5. The van der Waals surface area contributed by atoms with E-state index < -0.39 is 11.0 Å². The predicted octanol–water partition coefficient (Wildman–Crippen LogP) is -0.343. The topological polar surface area (TPSA) is 113 Å². The number of nitrogens with one attached hydrogen (secondary N) is 1. The molecule has 0 radical (unpaired) electrons. The maximum Gasteiger partial charge on any atom is 0.306 e. The molecule has 0 aliphatic heterocycles. The van der Waals surface area contributed by atoms with Crippen LogP contribution in [0.25, 0.3) is 0 Å². The highest BCUT2D eigenvalue weighted by Crippen LogP contribution is 2.30. The van der Waals surface area contributed by atoms with Crippen molar-refractivity contribution in [2.75, 3.05) is 13.2 Å². The van der Waals surface area contributed by atoms with E-state index in [4.69, 9.17) is 0 Å². The predicted molar refractivity (Wildman–Crippen MR) is 66.6 cm³/mol. The highest BCUT2D eigenvalue weighted by atomic mass is 16.6. The molecule has 0 amide bonds. The third-order valence-electron chi connectivity index (χ3n) is 3.55. The van der Waals surface area contributed by atoms with Gasteiger partial charge in [-0.05, 0) is 19.3 Å². The van der Waals surface area contributed by atoms with Crippen molar-refractivity contribution < 1.29 is 15.1 Å². The summed E-state index contributed by atoms with van der Waals surface area (Å²) in [6, 6.07) is 0. The number of aliphatic hydroxyl groups excluding tert-OH is 2. The van der Waals surface area contributed by atoms with Crippen molar-refractivity contribution in [3.8, 4) is 0 Å². The second-order valence-corrected chi connectivity index (χ2v) is 5.00. The molecule has 1 atom stereocenters. The minimum absolute atomic E-state index is 0.0625. The first kappa shape index (κ1) is 13.9. The molecule has 19 heavy (non-hydrogen) atoms. The summed E-state index contributed by atoms with van der Waals surface area (Å²) in [5, 5.41) is 36.6. The molecule has 0 aromatic carbocycles. The third kappa shape index (κ3) is 3.28. The fraction of sp³-hybridized carbons (Fsp3) is 0.727. The van der Waals surface area contributed by atoms with Crippen molar-refractivity contribution in [1.82, 2.24) is 15.1 Å². The Kier molecular flexibility index (Phi) is 4.13. The Balaban J connectivity index is 1.80. The molecule has 1 fully saturated rings. The summed E-state index contributed by atoms with van der Waals surface area (Å²) in [6.07, 6.45) is 4.63. The van der Waals surface area contributed by atoms with Crippen LogP contribution in [0.4, 0.5) is 5.69 Å². The van der Waals surface area contributed by atoms with Gasteiger partial charge in [0.05, 0.1) is 24.2 Å². The summed E-state index contributed by atoms with van der Waals surface area (Å²) in [7, 11) is 0. The first-order chi connectivity index (χ1) is 9.04. The molecule has 0 spiro atoms. The van der Waals surface area contributed by atoms with Gasteiger partial charge in [-0.15, -0.1) is 0 Å². The Morgan fingerprint density at radius 2 is 2.37 bits per heavy atom. The van der Waals surface area contributed by atoms with Crippen LogP contribution in [-0.2, 0) is 6.54 Å². The molecular weight excluding hydrogens is 252 g/mol. The van der Waals surface area contributed by atoms with Crippen molar-refractivity contribution in [2.24, 2.45) is 0 Å². The average Bonchev–Trinajstić information content (AvgIpc) is 2.77. The van der Waals surface area contributed by atoms with Gasteiger partial charge in [-0.1, -0.05) is 0 Å². The Labute approximate surface area is 110 Å². The zero-order chi connectivity index (χ0) is 13.9. The van der Waals surface area contributed by atoms with Crippen LogP contribution in [0, 0.1) is 10.1 Å². The van der Waals surface area contributed by atoms with Gasteiger partial charge >= 0.3 is 5.69 Å². The maximum absolute atomic E-state index is 10.5. The number of nitrogens with zero attached hydrogens (tertiary/aromatic N) is 3. The SMILES string of the molecule is O=[N+]([O-])c1cnn(CC(O)CNC2(CO)CCC2)c1. The molecule has 1 unspecified atom stereocenters. The van der Waals surface area contributed by atoms with E-state index >= 15 is 0 Å². The van der Waals surface area contributed by atoms with Crippen molar-refractivity contribution in [2.45, 2.75) is 37.5 Å². The van der Waals surface area contributed by atoms with Gasteiger partial charge in [0, 0.05) is 12.1 Å². The van der Waals surface area contributed by atoms with Crippen molar-refractivity contribution in [1.29, 1.82) is 0 Å². The lowest BCUT2D eigenvalue weighted by atomic mass is 9.77. The smallest absolute Gasteiger partial charge is 0.306 e. The maximum atomic E-state index is 10.5. The van der Waals surface area contributed by atoms with Crippen LogP contribution in [-0.4, -0.2) is 49.7 Å². The third-order valence-corrected chi connectivity index (χ3v) is 3.55. The Hall–Kier alpha value is -1.51. The first-order valence-corrected chi connectivity index (χ1v) is 6.25. The highest BCUT2D eigenvalue weighted by molar-refractivity contribution is 5.20. The summed E-state index contributed by atoms with van der Waals surface area (Å²) in [5.41, 5.74) is -0.345. The number of rotatable bonds is 7. The van der Waals surface area contributed by atoms with Gasteiger partial charge in [0.1, 0.15) is 12.4 Å². The second-order valence-electron chi connectivity index (χ2n) is 5.00. The van der Waals surface area contributed by atoms with Gasteiger partial charge in [-0.25, -0.2) is 0 Å². The fourth-order valence-electron chi connectivity index (χ4n) is 2.16. The van der Waals surface area contributed by atoms with E-state index in [2.05, 4.69) is 10.4 Å². The van der Waals surface area contributed by atoms with Crippen LogP contribution < -0.4 is 5.32 Å². The monoisotopic (exact) mass is 270 g/mol. The lowest BCUT2D eigenvalue weighted by molar-refractivity contribution is -0.385. The van der Waals surface area contributed by atoms with E-state index in [9.17, 15) is 20.3 Å². The number of nitro groups is 1. The standard InChI is InChI=1S/C11H18N4O4/c16-8-11(2-1-3-11)12-5-10(17)7-14-6-9(4-13-14)15(18)19/h4,6,10,12,16-17H,1-3,5,7-8H2. The largest absolute Gasteiger partial charge is 0.394 e. The van der Waals surface area contributed by atoms with Crippen LogP contribution in [0.2, 0.25) is 0 Å². The van der Waals surface area contributed by atoms with E-state index in [0.29, 0.717) is 6.54 Å². The number of aromatic nitrogens is 2. The number of hydrogen-bond donors (Lipinski definition) is 3. The molecule has 106 valence electrons. The van der Waals surface area contributed by atoms with Crippen LogP contribution in [0.1, 0.15) is 19.3 Å². The van der Waals surface area contributed by atoms with Gasteiger partial charge in [-0.2, -0.15) is 5.10 Å². The molecule has 2 rings (SSSR count). The van der Waals surface area contributed by atoms with E-state index in [-0.39, 0.29) is 24.4 Å². The number of β-amino-alcohol motifs (C(OH)–C–C–N with tert-alkyl or cyclic N) is 1. The van der Waals surface area contributed by atoms with E-state index in [1.807, 2.05) is 0 Å². The minimum Gasteiger partial charge on any atom is -0.394 e. The zero-order valence-electron chi connectivity index (χ0n) is 10.5. The van der Waals surface area contributed by atoms with Crippen LogP contribution in [0.5, 0.6) is 0 Å². The van der Waals surface area contributed by atoms with Gasteiger partial charge in [0.25, 0.3) is 0 Å². The van der Waals surface area contributed by atoms with Gasteiger partial charge < -0.3 is 15.5 Å². The molecule has 8 nitrogen and oxygen atoms in total. The van der Waals surface area contributed by atoms with Crippen molar-refractivity contribution in [3.05, 3.63) is 22.5 Å². The normalized spacial score (nSPS) is 18.8. The van der Waals surface area contributed by atoms with Crippen LogP contribution >= 0.6 is 0 Å². The summed E-state index contributed by atoms with van der Waals surface area (Å²) in [4.78, 5) is 9.97. The minimum atomic E-state index is -0.705. The highest BCUT2D eigenvalue weighted by Gasteiger charge is 2.35. The molecule has 1 saturated carbocycles. The van der Waals surface area contributed by atoms with Crippen LogP contribution in [0.15, 0.2) is 12.4 Å². The second kappa shape index (κ2) is 5.64. The molecular formula is C11H18N4O4. The number of aliphatic hydroxyl groups is 2. The average molecular weight is 270 g/mol. The van der Waals surface area contributed by atoms with E-state index in [1.165, 1.54) is 10.9 Å². The molecule has 8 heteroatoms. The van der Waals surface area contributed by atoms with Crippen LogP contribution in [0.3, 0.4) is 0 Å². The first-order valence-electron chi connectivity index (χ1n) is 6.25. The molecule has 1 heterocycles. The lowest BCUT2D eigenvalue weighted by Gasteiger charge is -2.41. The van der Waals surface area contributed by atoms with Gasteiger partial charge in [0.15, 0.2) is 0 Å². The summed E-state index contributed by atoms with van der Waals surface area (Å²) < 4.78 is 1.34. The Morgan fingerprint density at radius 3 is 2.84 bits per heavy atom. The number of hydrogen-bond acceptors (Lipinski definition) is 6. The molecule has 1 aromatic rings. The molecule has 3 N–H and O–H groups in total. The molecule has 1 aromatic heterocycles. The molecule has 0 saturated heterocycles. The quantitative estimate of drug-likeness (QED) is 0.461. The summed E-state index contributed by atoms with van der Waals surface area (Å²) in [6.45, 7) is 0.573. The van der Waals surface area contributed by atoms with E-state index in [1.54, 1.807) is 0 Å². The van der Waals surface area contributed by atoms with Crippen molar-refractivity contribution in [3.63, 3.8) is 0 Å². The fourth-order valence-corrected chi connectivity index (χ4v) is 2.16. The molecule has 0 bridgehead atoms. The lowest BCUT2D eigenvalue weighted by Crippen LogP contribution is -2.56. The summed E-state index contributed by atoms with van der Waals surface area (Å²) in [5.74, 6) is 0. The molecule has 1 aliphatic carbocycles. The van der Waals surface area contributed by atoms with Crippen molar-refractivity contribution >= 4 is 5.69 Å².